The van der Waals surface area contributed by atoms with Gasteiger partial charge in [-0.15, -0.1) is 0 Å². The Morgan fingerprint density at radius 2 is 1.57 bits per heavy atom. The average molecular weight is 201 g/mol. The molecule has 0 spiro atoms. The van der Waals surface area contributed by atoms with E-state index in [-0.39, 0.29) is 18.6 Å². The molecule has 1 atom stereocenters. The lowest BCUT2D eigenvalue weighted by Crippen LogP contribution is -2.29. The Balaban J connectivity index is 0. The minimum atomic E-state index is -0.617. The van der Waals surface area contributed by atoms with E-state index in [1.54, 1.807) is 0 Å². The molecule has 0 aliphatic rings. The van der Waals surface area contributed by atoms with Crippen LogP contribution in [0.2, 0.25) is 0 Å². The Labute approximate surface area is 84.9 Å². The van der Waals surface area contributed by atoms with Crippen LogP contribution in [0.3, 0.4) is 0 Å². The standard InChI is InChI=1S/C8H13NO3.C2H6/c1-5(10)7(9)3-4-8(12)6(2)11;1-2/h7H,3-4,9H2,1-2H3;1-2H3. The smallest absolute Gasteiger partial charge is 0.198 e. The zero-order valence-corrected chi connectivity index (χ0v) is 9.29. The van der Waals surface area contributed by atoms with E-state index in [1.807, 2.05) is 13.8 Å². The third-order valence-corrected chi connectivity index (χ3v) is 1.60. The summed E-state index contributed by atoms with van der Waals surface area (Å²) in [6.07, 6.45) is 0.323. The molecule has 0 heterocycles. The molecule has 4 heteroatoms. The van der Waals surface area contributed by atoms with Gasteiger partial charge in [-0.05, 0) is 13.3 Å². The van der Waals surface area contributed by atoms with E-state index in [1.165, 1.54) is 13.8 Å². The second-order valence-corrected chi connectivity index (χ2v) is 2.74. The molecule has 0 amide bonds. The molecule has 0 rings (SSSR count). The van der Waals surface area contributed by atoms with E-state index in [4.69, 9.17) is 5.73 Å². The first-order valence-corrected chi connectivity index (χ1v) is 4.75. The summed E-state index contributed by atoms with van der Waals surface area (Å²) in [4.78, 5) is 31.8. The van der Waals surface area contributed by atoms with Gasteiger partial charge in [-0.1, -0.05) is 13.8 Å². The zero-order valence-electron chi connectivity index (χ0n) is 9.29. The molecule has 0 aromatic rings. The monoisotopic (exact) mass is 201 g/mol. The number of Topliss-reactive ketones (excluding diaryl/α,β-unsaturated/α-hetero) is 3. The topological polar surface area (TPSA) is 77.2 Å². The van der Waals surface area contributed by atoms with Crippen molar-refractivity contribution in [2.75, 3.05) is 0 Å². The van der Waals surface area contributed by atoms with Gasteiger partial charge in [0.1, 0.15) is 5.78 Å². The highest BCUT2D eigenvalue weighted by Crippen LogP contribution is 1.97. The largest absolute Gasteiger partial charge is 0.322 e. The van der Waals surface area contributed by atoms with Crippen LogP contribution < -0.4 is 5.73 Å². The Hall–Kier alpha value is -1.03. The molecule has 0 aliphatic carbocycles. The molecule has 1 unspecified atom stereocenters. The summed E-state index contributed by atoms with van der Waals surface area (Å²) in [5, 5.41) is 0. The van der Waals surface area contributed by atoms with Crippen LogP contribution in [-0.2, 0) is 14.4 Å². The Kier molecular flexibility index (Phi) is 9.45. The van der Waals surface area contributed by atoms with Crippen LogP contribution in [0.4, 0.5) is 0 Å². The van der Waals surface area contributed by atoms with Crippen molar-refractivity contribution in [3.63, 3.8) is 0 Å². The fraction of sp³-hybridized carbons (Fsp3) is 0.700. The first-order valence-electron chi connectivity index (χ1n) is 4.75. The summed E-state index contributed by atoms with van der Waals surface area (Å²) in [7, 11) is 0. The highest BCUT2D eigenvalue weighted by atomic mass is 16.2. The lowest BCUT2D eigenvalue weighted by atomic mass is 10.1. The molecule has 0 fully saturated rings. The molecule has 82 valence electrons. The van der Waals surface area contributed by atoms with E-state index in [0.29, 0.717) is 0 Å². The highest BCUT2D eigenvalue weighted by Gasteiger charge is 2.13. The molecule has 0 aromatic heterocycles. The molecule has 0 bridgehead atoms. The maximum absolute atomic E-state index is 10.8. The molecule has 0 radical (unpaired) electrons. The fourth-order valence-electron chi connectivity index (χ4n) is 0.666. The summed E-state index contributed by atoms with van der Waals surface area (Å²) < 4.78 is 0. The lowest BCUT2D eigenvalue weighted by Gasteiger charge is -2.04. The third kappa shape index (κ3) is 7.61. The maximum atomic E-state index is 10.8. The van der Waals surface area contributed by atoms with Crippen molar-refractivity contribution in [3.8, 4) is 0 Å². The summed E-state index contributed by atoms with van der Waals surface area (Å²) >= 11 is 0. The predicted octanol–water partition coefficient (Wildman–Crippen LogP) is 0.867. The number of hydrogen-bond acceptors (Lipinski definition) is 4. The number of carbonyl (C=O) groups is 3. The molecule has 2 N–H and O–H groups in total. The van der Waals surface area contributed by atoms with Gasteiger partial charge in [0, 0.05) is 13.3 Å². The lowest BCUT2D eigenvalue weighted by molar-refractivity contribution is -0.135. The number of hydrogen-bond donors (Lipinski definition) is 1. The van der Waals surface area contributed by atoms with E-state index in [0.717, 1.165) is 0 Å². The first-order chi connectivity index (χ1) is 6.45. The van der Waals surface area contributed by atoms with Crippen LogP contribution in [0.1, 0.15) is 40.5 Å². The van der Waals surface area contributed by atoms with E-state index in [2.05, 4.69) is 0 Å². The van der Waals surface area contributed by atoms with Crippen molar-refractivity contribution < 1.29 is 14.4 Å². The van der Waals surface area contributed by atoms with Crippen LogP contribution in [0, 0.1) is 0 Å². The minimum Gasteiger partial charge on any atom is -0.322 e. The minimum absolute atomic E-state index is 0.0656. The summed E-state index contributed by atoms with van der Waals surface area (Å²) in [6, 6.07) is -0.617. The van der Waals surface area contributed by atoms with E-state index < -0.39 is 17.6 Å². The number of nitrogens with two attached hydrogens (primary N) is 1. The van der Waals surface area contributed by atoms with Crippen LogP contribution in [-0.4, -0.2) is 23.4 Å². The normalized spacial score (nSPS) is 10.9. The molecule has 14 heavy (non-hydrogen) atoms. The maximum Gasteiger partial charge on any atom is 0.198 e. The first kappa shape index (κ1) is 15.4. The van der Waals surface area contributed by atoms with Crippen LogP contribution in [0.15, 0.2) is 0 Å². The van der Waals surface area contributed by atoms with E-state index in [9.17, 15) is 14.4 Å². The molecule has 0 aromatic carbocycles. The van der Waals surface area contributed by atoms with Crippen LogP contribution >= 0.6 is 0 Å². The summed E-state index contributed by atoms with van der Waals surface area (Å²) in [6.45, 7) is 6.57. The van der Waals surface area contributed by atoms with Crippen molar-refractivity contribution in [2.45, 2.75) is 46.6 Å². The van der Waals surface area contributed by atoms with Gasteiger partial charge in [-0.3, -0.25) is 14.4 Å². The van der Waals surface area contributed by atoms with Gasteiger partial charge in [0.15, 0.2) is 11.6 Å². The van der Waals surface area contributed by atoms with Gasteiger partial charge < -0.3 is 5.73 Å². The second kappa shape index (κ2) is 8.56. The van der Waals surface area contributed by atoms with Gasteiger partial charge in [0.05, 0.1) is 6.04 Å². The predicted molar refractivity (Wildman–Crippen MR) is 54.9 cm³/mol. The SMILES string of the molecule is CC.CC(=O)C(=O)CCC(N)C(C)=O. The van der Waals surface area contributed by atoms with Gasteiger partial charge >= 0.3 is 0 Å². The fourth-order valence-corrected chi connectivity index (χ4v) is 0.666. The van der Waals surface area contributed by atoms with Crippen molar-refractivity contribution in [1.82, 2.24) is 0 Å². The quantitative estimate of drug-likeness (QED) is 0.669. The van der Waals surface area contributed by atoms with Crippen LogP contribution in [0.25, 0.3) is 0 Å². The van der Waals surface area contributed by atoms with Crippen molar-refractivity contribution in [2.24, 2.45) is 5.73 Å². The van der Waals surface area contributed by atoms with Crippen molar-refractivity contribution >= 4 is 17.3 Å². The second-order valence-electron chi connectivity index (χ2n) is 2.74. The van der Waals surface area contributed by atoms with E-state index >= 15 is 0 Å². The molecule has 0 saturated heterocycles. The average Bonchev–Trinajstić information content (AvgIpc) is 2.16. The molecular weight excluding hydrogens is 182 g/mol. The third-order valence-electron chi connectivity index (χ3n) is 1.60. The molecule has 4 nitrogen and oxygen atoms in total. The number of carbonyl (C=O) groups excluding carboxylic acids is 3. The van der Waals surface area contributed by atoms with Crippen LogP contribution in [0.5, 0.6) is 0 Å². The Morgan fingerprint density at radius 3 is 1.86 bits per heavy atom. The van der Waals surface area contributed by atoms with Gasteiger partial charge in [-0.2, -0.15) is 0 Å². The van der Waals surface area contributed by atoms with Crippen molar-refractivity contribution in [3.05, 3.63) is 0 Å². The Bertz CT molecular complexity index is 211. The Morgan fingerprint density at radius 1 is 1.14 bits per heavy atom. The van der Waals surface area contributed by atoms with Gasteiger partial charge in [0.25, 0.3) is 0 Å². The zero-order chi connectivity index (χ0) is 11.7. The number of rotatable bonds is 5. The molecule has 0 aliphatic heterocycles. The summed E-state index contributed by atoms with van der Waals surface area (Å²) in [5.41, 5.74) is 5.35. The number of ketones is 3. The molecular formula is C10H19NO3. The molecule has 0 saturated carbocycles. The van der Waals surface area contributed by atoms with Crippen molar-refractivity contribution in [1.29, 1.82) is 0 Å². The highest BCUT2D eigenvalue weighted by molar-refractivity contribution is 6.36. The van der Waals surface area contributed by atoms with Gasteiger partial charge in [-0.25, -0.2) is 0 Å². The van der Waals surface area contributed by atoms with Gasteiger partial charge in [0.2, 0.25) is 0 Å². The summed E-state index contributed by atoms with van der Waals surface area (Å²) in [5.74, 6) is -1.11.